The summed E-state index contributed by atoms with van der Waals surface area (Å²) in [5.74, 6) is 0. The molecule has 100 valence electrons. The molecule has 0 spiro atoms. The number of anilines is 1. The molecule has 3 heteroatoms. The molecule has 1 aromatic heterocycles. The summed E-state index contributed by atoms with van der Waals surface area (Å²) in [7, 11) is 0. The van der Waals surface area contributed by atoms with Gasteiger partial charge in [0.05, 0.1) is 16.3 Å². The van der Waals surface area contributed by atoms with E-state index >= 15 is 0 Å². The fraction of sp³-hybridized carbons (Fsp3) is 0.235. The van der Waals surface area contributed by atoms with Crippen LogP contribution >= 0.6 is 11.3 Å². The Balaban J connectivity index is 1.66. The minimum absolute atomic E-state index is 0.403. The number of fused-ring (bicyclic) bond motifs is 2. The zero-order valence-corrected chi connectivity index (χ0v) is 12.0. The highest BCUT2D eigenvalue weighted by molar-refractivity contribution is 7.22. The van der Waals surface area contributed by atoms with Crippen LogP contribution in [0.15, 0.2) is 48.5 Å². The van der Waals surface area contributed by atoms with Crippen LogP contribution in [-0.2, 0) is 6.42 Å². The molecule has 1 heterocycles. The molecular formula is C17H16N2S. The number of rotatable bonds is 2. The maximum atomic E-state index is 4.69. The molecule has 3 aromatic rings. The number of para-hydroxylation sites is 1. The number of nitrogens with one attached hydrogen (secondary N) is 1. The Morgan fingerprint density at radius 2 is 1.90 bits per heavy atom. The van der Waals surface area contributed by atoms with Crippen molar-refractivity contribution in [2.45, 2.75) is 25.3 Å². The Morgan fingerprint density at radius 1 is 1.05 bits per heavy atom. The van der Waals surface area contributed by atoms with Gasteiger partial charge in [0.15, 0.2) is 5.13 Å². The quantitative estimate of drug-likeness (QED) is 0.730. The van der Waals surface area contributed by atoms with Crippen LogP contribution in [0.2, 0.25) is 0 Å². The van der Waals surface area contributed by atoms with Gasteiger partial charge in [-0.25, -0.2) is 4.98 Å². The van der Waals surface area contributed by atoms with Gasteiger partial charge in [-0.1, -0.05) is 47.7 Å². The van der Waals surface area contributed by atoms with Gasteiger partial charge in [0.25, 0.3) is 0 Å². The second kappa shape index (κ2) is 4.91. The second-order valence-electron chi connectivity index (χ2n) is 5.27. The number of thiazole rings is 1. The summed E-state index contributed by atoms with van der Waals surface area (Å²) in [5.41, 5.74) is 4.01. The lowest BCUT2D eigenvalue weighted by molar-refractivity contribution is 0.600. The van der Waals surface area contributed by atoms with Gasteiger partial charge >= 0.3 is 0 Å². The van der Waals surface area contributed by atoms with Crippen molar-refractivity contribution in [3.63, 3.8) is 0 Å². The number of hydrogen-bond donors (Lipinski definition) is 1. The first kappa shape index (κ1) is 11.9. The first-order chi connectivity index (χ1) is 9.90. The summed E-state index contributed by atoms with van der Waals surface area (Å²) in [4.78, 5) is 4.69. The number of benzene rings is 2. The summed E-state index contributed by atoms with van der Waals surface area (Å²) in [6, 6.07) is 17.5. The number of aromatic nitrogens is 1. The van der Waals surface area contributed by atoms with E-state index in [-0.39, 0.29) is 0 Å². The van der Waals surface area contributed by atoms with E-state index in [9.17, 15) is 0 Å². The van der Waals surface area contributed by atoms with E-state index in [1.807, 2.05) is 6.07 Å². The molecule has 0 aliphatic heterocycles. The van der Waals surface area contributed by atoms with Gasteiger partial charge in [-0.05, 0) is 42.5 Å². The smallest absolute Gasteiger partial charge is 0.184 e. The highest BCUT2D eigenvalue weighted by atomic mass is 32.1. The average Bonchev–Trinajstić information content (AvgIpc) is 2.90. The lowest BCUT2D eigenvalue weighted by Gasteiger charge is -2.26. The fourth-order valence-electron chi connectivity index (χ4n) is 2.99. The molecule has 1 aliphatic carbocycles. The third-order valence-corrected chi connectivity index (χ3v) is 4.93. The van der Waals surface area contributed by atoms with Gasteiger partial charge in [0, 0.05) is 0 Å². The summed E-state index contributed by atoms with van der Waals surface area (Å²) in [6.45, 7) is 0. The van der Waals surface area contributed by atoms with Crippen molar-refractivity contribution in [1.82, 2.24) is 4.98 Å². The summed E-state index contributed by atoms with van der Waals surface area (Å²) in [6.07, 6.45) is 3.64. The van der Waals surface area contributed by atoms with E-state index in [4.69, 9.17) is 0 Å². The normalized spacial score (nSPS) is 17.9. The van der Waals surface area contributed by atoms with E-state index in [1.165, 1.54) is 35.1 Å². The van der Waals surface area contributed by atoms with Crippen molar-refractivity contribution in [2.75, 3.05) is 5.32 Å². The van der Waals surface area contributed by atoms with Gasteiger partial charge in [-0.3, -0.25) is 0 Å². The van der Waals surface area contributed by atoms with Gasteiger partial charge in [0.1, 0.15) is 0 Å². The molecule has 0 bridgehead atoms. The van der Waals surface area contributed by atoms with E-state index in [1.54, 1.807) is 11.3 Å². The van der Waals surface area contributed by atoms with Crippen LogP contribution in [0, 0.1) is 0 Å². The molecule has 1 atom stereocenters. The summed E-state index contributed by atoms with van der Waals surface area (Å²) < 4.78 is 1.25. The van der Waals surface area contributed by atoms with Gasteiger partial charge in [-0.2, -0.15) is 0 Å². The van der Waals surface area contributed by atoms with Crippen LogP contribution in [0.3, 0.4) is 0 Å². The largest absolute Gasteiger partial charge is 0.355 e. The summed E-state index contributed by atoms with van der Waals surface area (Å²) >= 11 is 1.74. The van der Waals surface area contributed by atoms with Crippen molar-refractivity contribution in [1.29, 1.82) is 0 Å². The Labute approximate surface area is 122 Å². The highest BCUT2D eigenvalue weighted by Crippen LogP contribution is 2.34. The lowest BCUT2D eigenvalue weighted by atomic mass is 9.88. The minimum Gasteiger partial charge on any atom is -0.355 e. The topological polar surface area (TPSA) is 24.9 Å². The Hall–Kier alpha value is -1.87. The van der Waals surface area contributed by atoms with Gasteiger partial charge < -0.3 is 5.32 Å². The van der Waals surface area contributed by atoms with Crippen LogP contribution in [0.25, 0.3) is 10.2 Å². The zero-order chi connectivity index (χ0) is 13.4. The average molecular weight is 280 g/mol. The molecule has 0 fully saturated rings. The van der Waals surface area contributed by atoms with Crippen LogP contribution in [0.4, 0.5) is 5.13 Å². The first-order valence-electron chi connectivity index (χ1n) is 7.10. The minimum atomic E-state index is 0.403. The summed E-state index contributed by atoms with van der Waals surface area (Å²) in [5, 5.41) is 4.67. The van der Waals surface area contributed by atoms with Crippen molar-refractivity contribution in [2.24, 2.45) is 0 Å². The van der Waals surface area contributed by atoms with E-state index in [0.29, 0.717) is 6.04 Å². The lowest BCUT2D eigenvalue weighted by Crippen LogP contribution is -2.17. The van der Waals surface area contributed by atoms with Gasteiger partial charge in [0.2, 0.25) is 0 Å². The molecule has 1 unspecified atom stereocenters. The number of nitrogens with zero attached hydrogens (tertiary/aromatic N) is 1. The molecule has 20 heavy (non-hydrogen) atoms. The highest BCUT2D eigenvalue weighted by Gasteiger charge is 2.20. The van der Waals surface area contributed by atoms with E-state index < -0.39 is 0 Å². The SMILES string of the molecule is c1ccc2c(c1)CCCC2Nc1nc2ccccc2s1. The number of aryl methyl sites for hydroxylation is 1. The van der Waals surface area contributed by atoms with Crippen molar-refractivity contribution in [3.8, 4) is 0 Å². The Morgan fingerprint density at radius 3 is 2.85 bits per heavy atom. The van der Waals surface area contributed by atoms with Gasteiger partial charge in [-0.15, -0.1) is 0 Å². The van der Waals surface area contributed by atoms with Crippen molar-refractivity contribution in [3.05, 3.63) is 59.7 Å². The molecule has 1 N–H and O–H groups in total. The van der Waals surface area contributed by atoms with Crippen LogP contribution < -0.4 is 5.32 Å². The molecule has 2 nitrogen and oxygen atoms in total. The third-order valence-electron chi connectivity index (χ3n) is 3.96. The fourth-order valence-corrected chi connectivity index (χ4v) is 3.91. The Kier molecular flexibility index (Phi) is 2.92. The maximum Gasteiger partial charge on any atom is 0.184 e. The standard InChI is InChI=1S/C17H16N2S/c1-2-8-13-12(6-1)7-5-10-14(13)18-17-19-15-9-3-4-11-16(15)20-17/h1-4,6,8-9,11,14H,5,7,10H2,(H,18,19). The first-order valence-corrected chi connectivity index (χ1v) is 7.92. The molecule has 0 radical (unpaired) electrons. The molecule has 1 aliphatic rings. The molecule has 4 rings (SSSR count). The van der Waals surface area contributed by atoms with Crippen molar-refractivity contribution >= 4 is 26.7 Å². The predicted molar refractivity (Wildman–Crippen MR) is 85.4 cm³/mol. The molecule has 2 aromatic carbocycles. The molecule has 0 saturated heterocycles. The third kappa shape index (κ3) is 2.08. The molecule has 0 amide bonds. The van der Waals surface area contributed by atoms with Crippen LogP contribution in [0.1, 0.15) is 30.0 Å². The molecule has 0 saturated carbocycles. The van der Waals surface area contributed by atoms with Crippen LogP contribution in [-0.4, -0.2) is 4.98 Å². The maximum absolute atomic E-state index is 4.69. The zero-order valence-electron chi connectivity index (χ0n) is 11.2. The van der Waals surface area contributed by atoms with E-state index in [2.05, 4.69) is 52.8 Å². The van der Waals surface area contributed by atoms with Crippen molar-refractivity contribution < 1.29 is 0 Å². The van der Waals surface area contributed by atoms with Crippen LogP contribution in [0.5, 0.6) is 0 Å². The number of hydrogen-bond acceptors (Lipinski definition) is 3. The van der Waals surface area contributed by atoms with E-state index in [0.717, 1.165) is 10.6 Å². The molecular weight excluding hydrogens is 264 g/mol. The monoisotopic (exact) mass is 280 g/mol. The second-order valence-corrected chi connectivity index (χ2v) is 6.31. The predicted octanol–water partition coefficient (Wildman–Crippen LogP) is 4.79. The Bertz CT molecular complexity index is 714.